The molecule has 1 aromatic carbocycles. The molecular weight excluding hydrogens is 408 g/mol. The summed E-state index contributed by atoms with van der Waals surface area (Å²) in [5.41, 5.74) is 2.00. The summed E-state index contributed by atoms with van der Waals surface area (Å²) in [5.74, 6) is 2.09. The Morgan fingerprint density at radius 3 is 2.39 bits per heavy atom. The molecule has 2 aliphatic rings. The molecule has 0 radical (unpaired) electrons. The third-order valence-corrected chi connectivity index (χ3v) is 7.18. The van der Waals surface area contributed by atoms with E-state index >= 15 is 0 Å². The van der Waals surface area contributed by atoms with Crippen LogP contribution in [0.5, 0.6) is 0 Å². The lowest BCUT2D eigenvalue weighted by atomic mass is 10.00. The molecule has 4 rings (SSSR count). The molecule has 2 heterocycles. The van der Waals surface area contributed by atoms with Gasteiger partial charge in [-0.25, -0.2) is 0 Å². The summed E-state index contributed by atoms with van der Waals surface area (Å²) >= 11 is 1.49. The predicted molar refractivity (Wildman–Crippen MR) is 128 cm³/mol. The van der Waals surface area contributed by atoms with E-state index in [1.165, 1.54) is 43.1 Å². The molecule has 8 heteroatoms. The van der Waals surface area contributed by atoms with E-state index in [1.54, 1.807) is 0 Å². The van der Waals surface area contributed by atoms with Crippen LogP contribution in [0.4, 0.5) is 17.3 Å². The number of rotatable bonds is 9. The van der Waals surface area contributed by atoms with Crippen molar-refractivity contribution in [2.45, 2.75) is 57.7 Å². The number of piperidine rings is 1. The lowest BCUT2D eigenvalue weighted by Gasteiger charge is -2.31. The van der Waals surface area contributed by atoms with E-state index in [9.17, 15) is 4.79 Å². The van der Waals surface area contributed by atoms with Gasteiger partial charge in [-0.2, -0.15) is 0 Å². The zero-order chi connectivity index (χ0) is 21.8. The van der Waals surface area contributed by atoms with E-state index in [0.717, 1.165) is 48.9 Å². The summed E-state index contributed by atoms with van der Waals surface area (Å²) in [6, 6.07) is 8.55. The molecule has 1 aliphatic carbocycles. The molecule has 1 amide bonds. The van der Waals surface area contributed by atoms with Gasteiger partial charge in [0.2, 0.25) is 11.9 Å². The number of carbonyl (C=O) groups excluding carboxylic acids is 1. The SMILES string of the molecule is CCN(CC)c1ccc(NC(=O)CSc2nnc(N3CCC(C)CC3)n2C2CC2)cc1. The van der Waals surface area contributed by atoms with Gasteiger partial charge < -0.3 is 15.1 Å². The molecule has 1 aromatic heterocycles. The number of thioether (sulfide) groups is 1. The normalized spacial score (nSPS) is 17.1. The van der Waals surface area contributed by atoms with Crippen molar-refractivity contribution in [1.82, 2.24) is 14.8 Å². The third-order valence-electron chi connectivity index (χ3n) is 6.24. The van der Waals surface area contributed by atoms with E-state index < -0.39 is 0 Å². The number of anilines is 3. The minimum absolute atomic E-state index is 0.0146. The maximum atomic E-state index is 12.5. The van der Waals surface area contributed by atoms with Crippen LogP contribution in [-0.2, 0) is 4.79 Å². The minimum Gasteiger partial charge on any atom is -0.372 e. The lowest BCUT2D eigenvalue weighted by molar-refractivity contribution is -0.113. The smallest absolute Gasteiger partial charge is 0.234 e. The molecule has 1 aliphatic heterocycles. The quantitative estimate of drug-likeness (QED) is 0.580. The number of nitrogens with zero attached hydrogens (tertiary/aromatic N) is 5. The van der Waals surface area contributed by atoms with E-state index in [4.69, 9.17) is 0 Å². The molecule has 1 saturated carbocycles. The molecule has 31 heavy (non-hydrogen) atoms. The summed E-state index contributed by atoms with van der Waals surface area (Å²) in [7, 11) is 0. The van der Waals surface area contributed by atoms with Gasteiger partial charge in [-0.1, -0.05) is 18.7 Å². The van der Waals surface area contributed by atoms with Gasteiger partial charge in [-0.3, -0.25) is 9.36 Å². The maximum absolute atomic E-state index is 12.5. The zero-order valence-electron chi connectivity index (χ0n) is 18.9. The number of hydrogen-bond donors (Lipinski definition) is 1. The van der Waals surface area contributed by atoms with Gasteiger partial charge in [0.1, 0.15) is 0 Å². The Labute approximate surface area is 189 Å². The summed E-state index contributed by atoms with van der Waals surface area (Å²) in [4.78, 5) is 17.2. The van der Waals surface area contributed by atoms with Crippen LogP contribution in [0.1, 0.15) is 52.5 Å². The number of carbonyl (C=O) groups is 1. The van der Waals surface area contributed by atoms with E-state index in [0.29, 0.717) is 11.8 Å². The average Bonchev–Trinajstić information content (AvgIpc) is 3.54. The topological polar surface area (TPSA) is 66.3 Å². The molecule has 2 fully saturated rings. The summed E-state index contributed by atoms with van der Waals surface area (Å²) in [6.07, 6.45) is 4.76. The fraction of sp³-hybridized carbons (Fsp3) is 0.609. The molecule has 1 N–H and O–H groups in total. The van der Waals surface area contributed by atoms with Crippen LogP contribution in [0.25, 0.3) is 0 Å². The highest BCUT2D eigenvalue weighted by molar-refractivity contribution is 7.99. The van der Waals surface area contributed by atoms with E-state index in [2.05, 4.69) is 62.8 Å². The second-order valence-electron chi connectivity index (χ2n) is 8.61. The monoisotopic (exact) mass is 442 g/mol. The van der Waals surface area contributed by atoms with Crippen LogP contribution < -0.4 is 15.1 Å². The standard InChI is InChI=1S/C23H34N6OS/c1-4-27(5-2)19-8-6-18(7-9-19)24-21(30)16-31-23-26-25-22(29(23)20-10-11-20)28-14-12-17(3)13-15-28/h6-9,17,20H,4-5,10-16H2,1-3H3,(H,24,30). The van der Waals surface area contributed by atoms with Crippen molar-refractivity contribution >= 4 is 35.0 Å². The third kappa shape index (κ3) is 5.34. The molecule has 7 nitrogen and oxygen atoms in total. The Balaban J connectivity index is 1.35. The molecule has 0 bridgehead atoms. The van der Waals surface area contributed by atoms with Crippen LogP contribution in [0, 0.1) is 5.92 Å². The predicted octanol–water partition coefficient (Wildman–Crippen LogP) is 4.43. The van der Waals surface area contributed by atoms with Crippen molar-refractivity contribution in [3.05, 3.63) is 24.3 Å². The highest BCUT2D eigenvalue weighted by atomic mass is 32.2. The van der Waals surface area contributed by atoms with Crippen LogP contribution in [0.2, 0.25) is 0 Å². The largest absolute Gasteiger partial charge is 0.372 e. The van der Waals surface area contributed by atoms with Gasteiger partial charge in [-0.15, -0.1) is 10.2 Å². The van der Waals surface area contributed by atoms with Gasteiger partial charge in [0.25, 0.3) is 0 Å². The highest BCUT2D eigenvalue weighted by Crippen LogP contribution is 2.41. The minimum atomic E-state index is -0.0146. The van der Waals surface area contributed by atoms with Crippen LogP contribution >= 0.6 is 11.8 Å². The van der Waals surface area contributed by atoms with E-state index in [1.807, 2.05) is 12.1 Å². The Morgan fingerprint density at radius 1 is 1.10 bits per heavy atom. The Kier molecular flexibility index (Phi) is 7.05. The van der Waals surface area contributed by atoms with E-state index in [-0.39, 0.29) is 5.91 Å². The second-order valence-corrected chi connectivity index (χ2v) is 9.55. The van der Waals surface area contributed by atoms with Gasteiger partial charge in [0.05, 0.1) is 5.75 Å². The van der Waals surface area contributed by atoms with Crippen molar-refractivity contribution in [1.29, 1.82) is 0 Å². The van der Waals surface area contributed by atoms with Crippen molar-refractivity contribution in [3.8, 4) is 0 Å². The summed E-state index contributed by atoms with van der Waals surface area (Å²) < 4.78 is 2.27. The Morgan fingerprint density at radius 2 is 1.77 bits per heavy atom. The van der Waals surface area contributed by atoms with Crippen molar-refractivity contribution < 1.29 is 4.79 Å². The van der Waals surface area contributed by atoms with Crippen LogP contribution in [0.3, 0.4) is 0 Å². The van der Waals surface area contributed by atoms with Crippen molar-refractivity contribution in [2.75, 3.05) is 47.0 Å². The lowest BCUT2D eigenvalue weighted by Crippen LogP contribution is -2.34. The first-order valence-corrected chi connectivity index (χ1v) is 12.5. The maximum Gasteiger partial charge on any atom is 0.234 e. The number of nitrogens with one attached hydrogen (secondary N) is 1. The zero-order valence-corrected chi connectivity index (χ0v) is 19.7. The first kappa shape index (κ1) is 22.0. The van der Waals surface area contributed by atoms with Gasteiger partial charge >= 0.3 is 0 Å². The van der Waals surface area contributed by atoms with Crippen LogP contribution in [-0.4, -0.2) is 52.6 Å². The molecule has 0 atom stereocenters. The molecule has 168 valence electrons. The molecule has 0 unspecified atom stereocenters. The molecular formula is C23H34N6OS. The Bertz CT molecular complexity index is 867. The first-order valence-electron chi connectivity index (χ1n) is 11.6. The van der Waals surface area contributed by atoms with Crippen molar-refractivity contribution in [3.63, 3.8) is 0 Å². The first-order chi connectivity index (χ1) is 15.1. The Hall–Kier alpha value is -2.22. The van der Waals surface area contributed by atoms with Crippen molar-refractivity contribution in [2.24, 2.45) is 5.92 Å². The van der Waals surface area contributed by atoms with Gasteiger partial charge in [-0.05, 0) is 69.7 Å². The summed E-state index contributed by atoms with van der Waals surface area (Å²) in [5, 5.41) is 12.8. The fourth-order valence-corrected chi connectivity index (χ4v) is 4.92. The number of aromatic nitrogens is 3. The summed E-state index contributed by atoms with van der Waals surface area (Å²) in [6.45, 7) is 10.6. The average molecular weight is 443 g/mol. The fourth-order valence-electron chi connectivity index (χ4n) is 4.12. The number of hydrogen-bond acceptors (Lipinski definition) is 6. The van der Waals surface area contributed by atoms with Crippen LogP contribution in [0.15, 0.2) is 29.4 Å². The molecule has 1 saturated heterocycles. The number of amides is 1. The molecule has 0 spiro atoms. The second kappa shape index (κ2) is 9.94. The van der Waals surface area contributed by atoms with Gasteiger partial charge in [0.15, 0.2) is 5.16 Å². The van der Waals surface area contributed by atoms with Gasteiger partial charge in [0, 0.05) is 43.6 Å². The number of benzene rings is 1. The molecule has 2 aromatic rings. The highest BCUT2D eigenvalue weighted by Gasteiger charge is 2.32.